The zero-order valence-electron chi connectivity index (χ0n) is 17.9. The minimum Gasteiger partial charge on any atom is -0.489 e. The maximum absolute atomic E-state index is 13.2. The number of benzene rings is 2. The number of nitrogens with zero attached hydrogens (tertiary/aromatic N) is 1. The number of ether oxygens (including phenoxy) is 2. The Bertz CT molecular complexity index is 1150. The second-order valence-electron chi connectivity index (χ2n) is 7.64. The third kappa shape index (κ3) is 5.12. The maximum Gasteiger partial charge on any atom is 0.227 e. The number of amides is 1. The fraction of sp³-hybridized carbons (Fsp3) is 0.269. The highest BCUT2D eigenvalue weighted by molar-refractivity contribution is 7.15. The van der Waals surface area contributed by atoms with Gasteiger partial charge in [0.05, 0.1) is 19.6 Å². The predicted octanol–water partition coefficient (Wildman–Crippen LogP) is 5.23. The molecule has 2 aromatic carbocycles. The highest BCUT2D eigenvalue weighted by Crippen LogP contribution is 2.40. The molecular weight excluding hydrogens is 425 g/mol. The van der Waals surface area contributed by atoms with Gasteiger partial charge in [0.1, 0.15) is 12.4 Å². The summed E-state index contributed by atoms with van der Waals surface area (Å²) < 4.78 is 25.2. The molecule has 0 spiro atoms. The zero-order chi connectivity index (χ0) is 22.5. The van der Waals surface area contributed by atoms with Crippen LogP contribution in [0, 0.1) is 25.1 Å². The lowest BCUT2D eigenvalue weighted by Crippen LogP contribution is -2.33. The van der Waals surface area contributed by atoms with E-state index in [0.717, 1.165) is 21.6 Å². The minimum absolute atomic E-state index is 0.0276. The third-order valence-corrected chi connectivity index (χ3v) is 6.30. The number of terminal acetylenes is 1. The molecule has 0 fully saturated rings. The van der Waals surface area contributed by atoms with Crippen LogP contribution in [0.1, 0.15) is 22.4 Å². The van der Waals surface area contributed by atoms with Crippen molar-refractivity contribution in [2.45, 2.75) is 26.3 Å². The zero-order valence-corrected chi connectivity index (χ0v) is 18.7. The summed E-state index contributed by atoms with van der Waals surface area (Å²) in [5.74, 6) is 3.56. The Kier molecular flexibility index (Phi) is 6.77. The Morgan fingerprint density at radius 2 is 2.06 bits per heavy atom. The first-order valence-corrected chi connectivity index (χ1v) is 11.3. The first-order valence-electron chi connectivity index (χ1n) is 10.5. The highest BCUT2D eigenvalue weighted by Gasteiger charge is 2.24. The number of carbonyl (C=O) groups is 1. The number of fused-ring (bicyclic) bond motifs is 1. The SMILES string of the molecule is C#CCCOc1cc(-c2ccc(C)s2)cc2c1OCCN(C(=O)Cc1ccc(F)cc1)C2. The molecule has 6 heteroatoms. The van der Waals surface area contributed by atoms with Crippen molar-refractivity contribution in [3.63, 3.8) is 0 Å². The summed E-state index contributed by atoms with van der Waals surface area (Å²) in [5.41, 5.74) is 2.70. The van der Waals surface area contributed by atoms with Crippen LogP contribution >= 0.6 is 11.3 Å². The normalized spacial score (nSPS) is 13.0. The molecule has 0 bridgehead atoms. The van der Waals surface area contributed by atoms with E-state index in [2.05, 4.69) is 31.0 Å². The average molecular weight is 450 g/mol. The fourth-order valence-corrected chi connectivity index (χ4v) is 4.50. The van der Waals surface area contributed by atoms with Gasteiger partial charge in [0.2, 0.25) is 5.91 Å². The highest BCUT2D eigenvalue weighted by atomic mass is 32.1. The minimum atomic E-state index is -0.313. The molecule has 0 radical (unpaired) electrons. The van der Waals surface area contributed by atoms with Gasteiger partial charge in [0.15, 0.2) is 11.5 Å². The van der Waals surface area contributed by atoms with E-state index in [1.165, 1.54) is 17.0 Å². The molecule has 1 aromatic heterocycles. The molecule has 3 aromatic rings. The van der Waals surface area contributed by atoms with Gasteiger partial charge >= 0.3 is 0 Å². The van der Waals surface area contributed by atoms with Gasteiger partial charge < -0.3 is 14.4 Å². The molecule has 0 unspecified atom stereocenters. The van der Waals surface area contributed by atoms with Gasteiger partial charge in [-0.15, -0.1) is 23.7 Å². The quantitative estimate of drug-likeness (QED) is 0.382. The van der Waals surface area contributed by atoms with E-state index in [9.17, 15) is 9.18 Å². The second-order valence-corrected chi connectivity index (χ2v) is 8.93. The second kappa shape index (κ2) is 9.88. The smallest absolute Gasteiger partial charge is 0.227 e. The van der Waals surface area contributed by atoms with Crippen molar-refractivity contribution in [3.05, 3.63) is 70.4 Å². The van der Waals surface area contributed by atoms with Gasteiger partial charge in [-0.1, -0.05) is 12.1 Å². The van der Waals surface area contributed by atoms with Crippen molar-refractivity contribution < 1.29 is 18.7 Å². The van der Waals surface area contributed by atoms with Crippen molar-refractivity contribution in [1.29, 1.82) is 0 Å². The Labute approximate surface area is 191 Å². The number of hydrogen-bond acceptors (Lipinski definition) is 4. The summed E-state index contributed by atoms with van der Waals surface area (Å²) in [5, 5.41) is 0. The molecule has 2 heterocycles. The molecule has 0 N–H and O–H groups in total. The third-order valence-electron chi connectivity index (χ3n) is 5.25. The summed E-state index contributed by atoms with van der Waals surface area (Å²) in [6.45, 7) is 3.71. The van der Waals surface area contributed by atoms with E-state index in [1.807, 2.05) is 6.07 Å². The molecule has 1 amide bonds. The molecule has 32 heavy (non-hydrogen) atoms. The largest absolute Gasteiger partial charge is 0.489 e. The Morgan fingerprint density at radius 1 is 1.25 bits per heavy atom. The van der Waals surface area contributed by atoms with Crippen LogP contribution in [0.2, 0.25) is 0 Å². The van der Waals surface area contributed by atoms with E-state index in [0.29, 0.717) is 44.2 Å². The first kappa shape index (κ1) is 21.9. The summed E-state index contributed by atoms with van der Waals surface area (Å²) in [7, 11) is 0. The molecule has 1 aliphatic rings. The summed E-state index contributed by atoms with van der Waals surface area (Å²) in [4.78, 5) is 17.1. The van der Waals surface area contributed by atoms with Crippen molar-refractivity contribution in [2.75, 3.05) is 19.8 Å². The van der Waals surface area contributed by atoms with Crippen LogP contribution in [-0.4, -0.2) is 30.6 Å². The Balaban J connectivity index is 1.62. The van der Waals surface area contributed by atoms with Crippen LogP contribution in [0.25, 0.3) is 10.4 Å². The molecule has 4 rings (SSSR count). The van der Waals surface area contributed by atoms with Crippen LogP contribution in [0.5, 0.6) is 11.5 Å². The van der Waals surface area contributed by atoms with E-state index in [-0.39, 0.29) is 18.1 Å². The lowest BCUT2D eigenvalue weighted by Gasteiger charge is -2.20. The number of carbonyl (C=O) groups excluding carboxylic acids is 1. The molecule has 4 nitrogen and oxygen atoms in total. The van der Waals surface area contributed by atoms with Gasteiger partial charge in [-0.05, 0) is 54.4 Å². The van der Waals surface area contributed by atoms with E-state index < -0.39 is 0 Å². The maximum atomic E-state index is 13.2. The van der Waals surface area contributed by atoms with Crippen molar-refractivity contribution in [1.82, 2.24) is 4.90 Å². The standard InChI is InChI=1S/C26H24FNO3S/c1-3-4-12-30-23-16-20(24-10-5-18(2)32-24)15-21-17-28(11-13-31-26(21)23)25(29)14-19-6-8-22(27)9-7-19/h1,5-10,15-16H,4,11-14,17H2,2H3. The number of halogens is 1. The molecule has 1 aliphatic heterocycles. The summed E-state index contributed by atoms with van der Waals surface area (Å²) in [6, 6.07) is 14.3. The Morgan fingerprint density at radius 3 is 2.78 bits per heavy atom. The molecular formula is C26H24FNO3S. The van der Waals surface area contributed by atoms with Gasteiger partial charge in [0, 0.05) is 28.3 Å². The molecule has 164 valence electrons. The number of aryl methyl sites for hydroxylation is 1. The van der Waals surface area contributed by atoms with Gasteiger partial charge in [-0.25, -0.2) is 4.39 Å². The number of hydrogen-bond donors (Lipinski definition) is 0. The van der Waals surface area contributed by atoms with Crippen LogP contribution in [-0.2, 0) is 17.8 Å². The first-order chi connectivity index (χ1) is 15.5. The van der Waals surface area contributed by atoms with Gasteiger partial charge in [-0.2, -0.15) is 0 Å². The fourth-order valence-electron chi connectivity index (χ4n) is 3.64. The summed E-state index contributed by atoms with van der Waals surface area (Å²) in [6.07, 6.45) is 6.09. The Hall–Kier alpha value is -3.30. The van der Waals surface area contributed by atoms with Crippen LogP contribution in [0.3, 0.4) is 0 Å². The monoisotopic (exact) mass is 449 g/mol. The van der Waals surface area contributed by atoms with Crippen molar-refractivity contribution >= 4 is 17.2 Å². The van der Waals surface area contributed by atoms with E-state index in [4.69, 9.17) is 15.9 Å². The topological polar surface area (TPSA) is 38.8 Å². The number of thiophene rings is 1. The molecule has 0 saturated heterocycles. The lowest BCUT2D eigenvalue weighted by molar-refractivity contribution is -0.131. The average Bonchev–Trinajstić information content (AvgIpc) is 3.10. The molecule has 0 aliphatic carbocycles. The lowest BCUT2D eigenvalue weighted by atomic mass is 10.1. The van der Waals surface area contributed by atoms with Crippen molar-refractivity contribution in [3.8, 4) is 34.3 Å². The molecule has 0 atom stereocenters. The van der Waals surface area contributed by atoms with Crippen LogP contribution < -0.4 is 9.47 Å². The van der Waals surface area contributed by atoms with Gasteiger partial charge in [-0.3, -0.25) is 4.79 Å². The number of rotatable bonds is 6. The van der Waals surface area contributed by atoms with E-state index in [1.54, 1.807) is 28.4 Å². The van der Waals surface area contributed by atoms with Gasteiger partial charge in [0.25, 0.3) is 0 Å². The van der Waals surface area contributed by atoms with Crippen LogP contribution in [0.15, 0.2) is 48.5 Å². The van der Waals surface area contributed by atoms with Crippen LogP contribution in [0.4, 0.5) is 4.39 Å². The predicted molar refractivity (Wildman–Crippen MR) is 124 cm³/mol. The summed E-state index contributed by atoms with van der Waals surface area (Å²) >= 11 is 1.70. The molecule has 0 saturated carbocycles. The van der Waals surface area contributed by atoms with E-state index >= 15 is 0 Å². The van der Waals surface area contributed by atoms with Crippen molar-refractivity contribution in [2.24, 2.45) is 0 Å².